The summed E-state index contributed by atoms with van der Waals surface area (Å²) in [6, 6.07) is 22.7. The number of carbonyl (C=O) groups is 1. The van der Waals surface area contributed by atoms with Crippen molar-refractivity contribution in [2.45, 2.75) is 11.8 Å². The van der Waals surface area contributed by atoms with Gasteiger partial charge in [0.1, 0.15) is 5.75 Å². The Labute approximate surface area is 215 Å². The molecule has 1 saturated heterocycles. The van der Waals surface area contributed by atoms with Gasteiger partial charge >= 0.3 is 0 Å². The van der Waals surface area contributed by atoms with Gasteiger partial charge in [0.15, 0.2) is 11.6 Å². The van der Waals surface area contributed by atoms with Crippen LogP contribution in [0.5, 0.6) is 5.75 Å². The van der Waals surface area contributed by atoms with Gasteiger partial charge in [-0.15, -0.1) is 0 Å². The van der Waals surface area contributed by atoms with Crippen LogP contribution < -0.4 is 10.2 Å². The van der Waals surface area contributed by atoms with E-state index in [2.05, 4.69) is 10.5 Å². The summed E-state index contributed by atoms with van der Waals surface area (Å²) >= 11 is 0. The minimum Gasteiger partial charge on any atom is -0.507 e. The normalized spacial score (nSPS) is 14.5. The van der Waals surface area contributed by atoms with Gasteiger partial charge < -0.3 is 19.8 Å². The molecule has 2 N–H and O–H groups in total. The molecule has 0 saturated carbocycles. The second kappa shape index (κ2) is 10.1. The van der Waals surface area contributed by atoms with Crippen molar-refractivity contribution in [2.24, 2.45) is 0 Å². The van der Waals surface area contributed by atoms with Crippen LogP contribution in [-0.4, -0.2) is 55.1 Å². The lowest BCUT2D eigenvalue weighted by atomic mass is 10.00. The molecule has 190 valence electrons. The lowest BCUT2D eigenvalue weighted by Gasteiger charge is -2.33. The van der Waals surface area contributed by atoms with Gasteiger partial charge in [0.05, 0.1) is 10.5 Å². The van der Waals surface area contributed by atoms with Crippen LogP contribution in [0.25, 0.3) is 22.5 Å². The molecule has 0 atom stereocenters. The monoisotopic (exact) mass is 518 g/mol. The van der Waals surface area contributed by atoms with E-state index >= 15 is 0 Å². The van der Waals surface area contributed by atoms with Crippen molar-refractivity contribution >= 4 is 27.4 Å². The van der Waals surface area contributed by atoms with E-state index in [0.29, 0.717) is 54.6 Å². The standard InChI is InChI=1S/C27H26N4O5S/c1-19(32)28-21-12-10-20(11-13-21)23-8-5-9-24(27(23)33)25-18-26(29-36-25)30-14-16-31(17-15-30)37(34,35)22-6-3-2-4-7-22/h2-13,18,33H,14-17H2,1H3,(H,28,32). The predicted molar refractivity (Wildman–Crippen MR) is 141 cm³/mol. The first-order chi connectivity index (χ1) is 17.8. The summed E-state index contributed by atoms with van der Waals surface area (Å²) in [4.78, 5) is 13.5. The van der Waals surface area contributed by atoms with E-state index in [4.69, 9.17) is 4.52 Å². The highest BCUT2D eigenvalue weighted by molar-refractivity contribution is 7.89. The van der Waals surface area contributed by atoms with Crippen molar-refractivity contribution in [1.29, 1.82) is 0 Å². The average Bonchev–Trinajstić information content (AvgIpc) is 3.40. The molecule has 1 fully saturated rings. The molecule has 0 bridgehead atoms. The zero-order chi connectivity index (χ0) is 26.0. The van der Waals surface area contributed by atoms with E-state index in [9.17, 15) is 18.3 Å². The SMILES string of the molecule is CC(=O)Nc1ccc(-c2cccc(-c3cc(N4CCN(S(=O)(=O)c5ccccc5)CC4)no3)c2O)cc1. The number of nitrogens with zero attached hydrogens (tertiary/aromatic N) is 3. The van der Waals surface area contributed by atoms with Crippen molar-refractivity contribution in [1.82, 2.24) is 9.46 Å². The highest BCUT2D eigenvalue weighted by atomic mass is 32.2. The van der Waals surface area contributed by atoms with Crippen molar-refractivity contribution in [3.05, 3.63) is 78.9 Å². The number of nitrogens with one attached hydrogen (secondary N) is 1. The Morgan fingerprint density at radius 1 is 0.919 bits per heavy atom. The number of carbonyl (C=O) groups excluding carboxylic acids is 1. The molecule has 2 heterocycles. The Hall–Kier alpha value is -4.15. The molecule has 4 aromatic rings. The quantitative estimate of drug-likeness (QED) is 0.393. The van der Waals surface area contributed by atoms with Gasteiger partial charge in [-0.2, -0.15) is 4.31 Å². The maximum absolute atomic E-state index is 12.9. The van der Waals surface area contributed by atoms with Gasteiger partial charge in [0.25, 0.3) is 0 Å². The number of phenols is 1. The number of sulfonamides is 1. The molecule has 1 amide bonds. The maximum Gasteiger partial charge on any atom is 0.243 e. The molecule has 0 unspecified atom stereocenters. The summed E-state index contributed by atoms with van der Waals surface area (Å²) in [5.74, 6) is 0.883. The van der Waals surface area contributed by atoms with Crippen LogP contribution in [0.4, 0.5) is 11.5 Å². The van der Waals surface area contributed by atoms with E-state index < -0.39 is 10.0 Å². The third-order valence-electron chi connectivity index (χ3n) is 6.26. The molecule has 37 heavy (non-hydrogen) atoms. The molecule has 10 heteroatoms. The smallest absolute Gasteiger partial charge is 0.243 e. The number of hydrogen-bond acceptors (Lipinski definition) is 7. The summed E-state index contributed by atoms with van der Waals surface area (Å²) in [6.07, 6.45) is 0. The number of phenolic OH excluding ortho intramolecular Hbond substituents is 1. The van der Waals surface area contributed by atoms with E-state index in [1.807, 2.05) is 23.1 Å². The number of aromatic hydroxyl groups is 1. The fourth-order valence-corrected chi connectivity index (χ4v) is 5.80. The molecular weight excluding hydrogens is 492 g/mol. The molecule has 5 rings (SSSR count). The molecule has 1 aromatic heterocycles. The van der Waals surface area contributed by atoms with Gasteiger partial charge in [0, 0.05) is 50.4 Å². The highest BCUT2D eigenvalue weighted by Crippen LogP contribution is 2.39. The third kappa shape index (κ3) is 5.07. The molecule has 9 nitrogen and oxygen atoms in total. The second-order valence-corrected chi connectivity index (χ2v) is 10.7. The third-order valence-corrected chi connectivity index (χ3v) is 8.17. The summed E-state index contributed by atoms with van der Waals surface area (Å²) in [5.41, 5.74) is 2.56. The minimum absolute atomic E-state index is 0.0521. The molecule has 3 aromatic carbocycles. The number of piperazine rings is 1. The number of aromatic nitrogens is 1. The number of amides is 1. The van der Waals surface area contributed by atoms with Crippen LogP contribution in [-0.2, 0) is 14.8 Å². The fraction of sp³-hybridized carbons (Fsp3) is 0.185. The first kappa shape index (κ1) is 24.5. The molecule has 0 radical (unpaired) electrons. The Balaban J connectivity index is 1.31. The minimum atomic E-state index is -3.54. The number of anilines is 2. The number of benzene rings is 3. The van der Waals surface area contributed by atoms with Crippen LogP contribution in [0, 0.1) is 0 Å². The van der Waals surface area contributed by atoms with E-state index in [0.717, 1.165) is 5.56 Å². The molecule has 0 spiro atoms. The fourth-order valence-electron chi connectivity index (χ4n) is 4.35. The molecule has 1 aliphatic heterocycles. The summed E-state index contributed by atoms with van der Waals surface area (Å²) < 4.78 is 32.8. The summed E-state index contributed by atoms with van der Waals surface area (Å²) in [7, 11) is -3.54. The topological polar surface area (TPSA) is 116 Å². The summed E-state index contributed by atoms with van der Waals surface area (Å²) in [6.45, 7) is 3.03. The first-order valence-corrected chi connectivity index (χ1v) is 13.2. The van der Waals surface area contributed by atoms with Crippen LogP contribution in [0.1, 0.15) is 6.92 Å². The van der Waals surface area contributed by atoms with Crippen molar-refractivity contribution in [3.63, 3.8) is 0 Å². The van der Waals surface area contributed by atoms with Gasteiger partial charge in [-0.3, -0.25) is 4.79 Å². The van der Waals surface area contributed by atoms with E-state index in [-0.39, 0.29) is 16.6 Å². The van der Waals surface area contributed by atoms with Crippen LogP contribution >= 0.6 is 0 Å². The zero-order valence-electron chi connectivity index (χ0n) is 20.2. The first-order valence-electron chi connectivity index (χ1n) is 11.8. The Morgan fingerprint density at radius 2 is 1.59 bits per heavy atom. The van der Waals surface area contributed by atoms with Gasteiger partial charge in [-0.1, -0.05) is 47.6 Å². The van der Waals surface area contributed by atoms with E-state index in [1.54, 1.807) is 60.7 Å². The number of rotatable bonds is 6. The van der Waals surface area contributed by atoms with Crippen molar-refractivity contribution < 1.29 is 22.8 Å². The van der Waals surface area contributed by atoms with Crippen molar-refractivity contribution in [3.8, 4) is 28.2 Å². The molecule has 0 aliphatic carbocycles. The Morgan fingerprint density at radius 3 is 2.27 bits per heavy atom. The Kier molecular flexibility index (Phi) is 6.68. The second-order valence-electron chi connectivity index (χ2n) is 8.71. The molecule has 1 aliphatic rings. The maximum atomic E-state index is 12.9. The summed E-state index contributed by atoms with van der Waals surface area (Å²) in [5, 5.41) is 17.9. The average molecular weight is 519 g/mol. The number of hydrogen-bond donors (Lipinski definition) is 2. The lowest BCUT2D eigenvalue weighted by Crippen LogP contribution is -2.48. The predicted octanol–water partition coefficient (Wildman–Crippen LogP) is 4.18. The largest absolute Gasteiger partial charge is 0.507 e. The molecular formula is C27H26N4O5S. The van der Waals surface area contributed by atoms with Crippen LogP contribution in [0.2, 0.25) is 0 Å². The van der Waals surface area contributed by atoms with Crippen LogP contribution in [0.3, 0.4) is 0 Å². The van der Waals surface area contributed by atoms with Gasteiger partial charge in [0.2, 0.25) is 15.9 Å². The highest BCUT2D eigenvalue weighted by Gasteiger charge is 2.29. The van der Waals surface area contributed by atoms with Gasteiger partial charge in [-0.05, 0) is 35.9 Å². The van der Waals surface area contributed by atoms with Crippen molar-refractivity contribution in [2.75, 3.05) is 36.4 Å². The van der Waals surface area contributed by atoms with Crippen LogP contribution in [0.15, 0.2) is 88.3 Å². The zero-order valence-corrected chi connectivity index (χ0v) is 21.0. The van der Waals surface area contributed by atoms with Gasteiger partial charge in [-0.25, -0.2) is 8.42 Å². The van der Waals surface area contributed by atoms with E-state index in [1.165, 1.54) is 11.2 Å². The number of para-hydroxylation sites is 1. The lowest BCUT2D eigenvalue weighted by molar-refractivity contribution is -0.114. The Bertz CT molecular complexity index is 1510.